The molecule has 6 heavy (non-hydrogen) atoms. The highest BCUT2D eigenvalue weighted by Gasteiger charge is 1.82. The Morgan fingerprint density at radius 2 is 2.00 bits per heavy atom. The molecule has 0 aromatic rings. The SMILES string of the molecule is B[Si](=O)C#N.[AlH3]. The van der Waals surface area contributed by atoms with E-state index in [0.717, 1.165) is 0 Å². The minimum atomic E-state index is -1.82. The van der Waals surface area contributed by atoms with Crippen molar-refractivity contribution < 1.29 is 4.46 Å². The molecule has 0 spiro atoms. The van der Waals surface area contributed by atoms with E-state index in [2.05, 4.69) is 0 Å². The number of rotatable bonds is 0. The van der Waals surface area contributed by atoms with E-state index in [4.69, 9.17) is 5.26 Å². The molecule has 2 nitrogen and oxygen atoms in total. The van der Waals surface area contributed by atoms with Crippen LogP contribution in [-0.2, 0) is 4.46 Å². The molecule has 0 aromatic heterocycles. The van der Waals surface area contributed by atoms with Gasteiger partial charge in [0, 0.05) is 0 Å². The third-order valence-electron chi connectivity index (χ3n) is 0.157. The van der Waals surface area contributed by atoms with E-state index in [1.165, 1.54) is 7.44 Å². The maximum absolute atomic E-state index is 9.64. The van der Waals surface area contributed by atoms with Crippen molar-refractivity contribution in [2.75, 3.05) is 0 Å². The molecule has 0 radical (unpaired) electrons. The molecule has 30 valence electrons. The van der Waals surface area contributed by atoms with E-state index >= 15 is 0 Å². The first-order valence-corrected chi connectivity index (χ1v) is 3.09. The van der Waals surface area contributed by atoms with Gasteiger partial charge in [-0.3, -0.25) is 0 Å². The Hall–Kier alpha value is 0.104. The Balaban J connectivity index is 0. The van der Waals surface area contributed by atoms with Crippen LogP contribution in [0, 0.1) is 11.0 Å². The molecule has 0 amide bonds. The van der Waals surface area contributed by atoms with Gasteiger partial charge in [0.05, 0.1) is 5.69 Å². The van der Waals surface area contributed by atoms with Gasteiger partial charge in [-0.25, -0.2) is 0 Å². The minimum Gasteiger partial charge on any atom is -0.381 e. The largest absolute Gasteiger partial charge is 0.381 e. The molecule has 0 aromatic carbocycles. The highest BCUT2D eigenvalue weighted by molar-refractivity contribution is 6.98. The van der Waals surface area contributed by atoms with Gasteiger partial charge in [-0.15, -0.1) is 0 Å². The van der Waals surface area contributed by atoms with Crippen LogP contribution in [-0.4, -0.2) is 33.4 Å². The predicted molar refractivity (Wildman–Crippen MR) is 30.5 cm³/mol. The van der Waals surface area contributed by atoms with Crippen LogP contribution in [0.2, 0.25) is 0 Å². The summed E-state index contributed by atoms with van der Waals surface area (Å²) in [5, 5.41) is 7.63. The van der Waals surface area contributed by atoms with Gasteiger partial charge in [0.2, 0.25) is 0 Å². The van der Waals surface area contributed by atoms with E-state index < -0.39 is 8.55 Å². The summed E-state index contributed by atoms with van der Waals surface area (Å²) in [5.41, 5.74) is 1.57. The van der Waals surface area contributed by atoms with Crippen LogP contribution in [0.25, 0.3) is 0 Å². The van der Waals surface area contributed by atoms with Crippen LogP contribution in [0.4, 0.5) is 0 Å². The molecule has 0 unspecified atom stereocenters. The number of nitrogens with zero attached hydrogens (tertiary/aromatic N) is 1. The third-order valence-corrected chi connectivity index (χ3v) is 0.472. The summed E-state index contributed by atoms with van der Waals surface area (Å²) in [5.74, 6) is 0. The zero-order valence-electron chi connectivity index (χ0n) is 2.86. The first-order valence-electron chi connectivity index (χ1n) is 1.18. The van der Waals surface area contributed by atoms with Gasteiger partial charge in [-0.2, -0.15) is 5.26 Å². The Bertz CT molecular complexity index is 88.0. The second kappa shape index (κ2) is 5.10. The molecule has 0 rings (SSSR count). The fraction of sp³-hybridized carbons (Fsp3) is 0. The average molecular weight is 113 g/mol. The summed E-state index contributed by atoms with van der Waals surface area (Å²) in [6.07, 6.45) is 0. The van der Waals surface area contributed by atoms with Crippen molar-refractivity contribution >= 4 is 33.4 Å². The monoisotopic (exact) mass is 113 g/mol. The van der Waals surface area contributed by atoms with Crippen LogP contribution >= 0.6 is 0 Å². The maximum Gasteiger partial charge on any atom is 0.339 e. The minimum absolute atomic E-state index is 0. The van der Waals surface area contributed by atoms with Gasteiger partial charge in [0.1, 0.15) is 0 Å². The van der Waals surface area contributed by atoms with Gasteiger partial charge in [0.25, 0.3) is 0 Å². The smallest absolute Gasteiger partial charge is 0.339 e. The lowest BCUT2D eigenvalue weighted by Gasteiger charge is -1.48. The Kier molecular flexibility index (Phi) is 8.03. The summed E-state index contributed by atoms with van der Waals surface area (Å²) in [4.78, 5) is 0. The molecule has 0 atom stereocenters. The first-order chi connectivity index (χ1) is 2.27. The summed E-state index contributed by atoms with van der Waals surface area (Å²) in [6, 6.07) is 0. The Morgan fingerprint density at radius 3 is 2.00 bits per heavy atom. The zero-order chi connectivity index (χ0) is 4.28. The number of hydrogen-bond donors (Lipinski definition) is 0. The molecule has 0 heterocycles. The fourth-order valence-corrected chi connectivity index (χ4v) is 0. The Morgan fingerprint density at radius 1 is 1.83 bits per heavy atom. The molecule has 0 saturated carbocycles. The second-order valence-electron chi connectivity index (χ2n) is 0.668. The maximum atomic E-state index is 9.64. The van der Waals surface area contributed by atoms with Crippen molar-refractivity contribution in [3.05, 3.63) is 0 Å². The highest BCUT2D eigenvalue weighted by atomic mass is 28.2. The molecule has 5 heteroatoms. The summed E-state index contributed by atoms with van der Waals surface area (Å²) >= 11 is 0. The number of hydrogen-bond acceptors (Lipinski definition) is 2. The summed E-state index contributed by atoms with van der Waals surface area (Å²) in [7, 11) is -0.411. The topological polar surface area (TPSA) is 40.9 Å². The number of nitriles is 1. The zero-order valence-corrected chi connectivity index (χ0v) is 3.86. The van der Waals surface area contributed by atoms with Crippen molar-refractivity contribution in [3.8, 4) is 5.69 Å². The van der Waals surface area contributed by atoms with Crippen molar-refractivity contribution in [2.45, 2.75) is 0 Å². The normalized spacial score (nSPS) is 4.50. The molecular weight excluding hydrogens is 108 g/mol. The van der Waals surface area contributed by atoms with Gasteiger partial charge in [-0.05, 0) is 0 Å². The third kappa shape index (κ3) is 8.93. The lowest BCUT2D eigenvalue weighted by Crippen LogP contribution is -1.90. The molecule has 0 aliphatic carbocycles. The fourth-order valence-electron chi connectivity index (χ4n) is 0. The average Bonchev–Trinajstić information content (AvgIpc) is 1.38. The van der Waals surface area contributed by atoms with Gasteiger partial charge >= 0.3 is 8.55 Å². The Labute approximate surface area is 49.3 Å². The molecule has 0 aliphatic rings. The predicted octanol–water partition coefficient (Wildman–Crippen LogP) is -2.58. The molecular formula is CH5AlBNOSi. The lowest BCUT2D eigenvalue weighted by molar-refractivity contribution is 0.579. The first kappa shape index (κ1) is 9.44. The van der Waals surface area contributed by atoms with Crippen LogP contribution in [0.3, 0.4) is 0 Å². The van der Waals surface area contributed by atoms with Crippen LogP contribution in [0.1, 0.15) is 0 Å². The van der Waals surface area contributed by atoms with Crippen molar-refractivity contribution in [1.82, 2.24) is 0 Å². The van der Waals surface area contributed by atoms with Gasteiger partial charge in [0.15, 0.2) is 24.8 Å². The van der Waals surface area contributed by atoms with Crippen LogP contribution in [0.15, 0.2) is 0 Å². The van der Waals surface area contributed by atoms with Crippen molar-refractivity contribution in [2.24, 2.45) is 0 Å². The molecule has 0 N–H and O–H groups in total. The standard InChI is InChI=1S/CH2BNOSi.Al.3H/c2-5(4)1-3;;;;/h2H2;;;;. The summed E-state index contributed by atoms with van der Waals surface area (Å²) < 4.78 is 9.64. The van der Waals surface area contributed by atoms with Crippen LogP contribution < -0.4 is 0 Å². The quantitative estimate of drug-likeness (QED) is 0.323. The molecule has 0 fully saturated rings. The van der Waals surface area contributed by atoms with E-state index in [-0.39, 0.29) is 17.4 Å². The lowest BCUT2D eigenvalue weighted by atomic mass is 10.8. The van der Waals surface area contributed by atoms with E-state index in [1.807, 2.05) is 0 Å². The highest BCUT2D eigenvalue weighted by Crippen LogP contribution is 1.39. The molecule has 0 aliphatic heterocycles. The van der Waals surface area contributed by atoms with Crippen LogP contribution in [0.5, 0.6) is 0 Å². The van der Waals surface area contributed by atoms with E-state index in [0.29, 0.717) is 0 Å². The molecule has 0 saturated heterocycles. The van der Waals surface area contributed by atoms with Gasteiger partial charge < -0.3 is 4.46 Å². The van der Waals surface area contributed by atoms with Crippen molar-refractivity contribution in [1.29, 1.82) is 5.26 Å². The molecule has 0 bridgehead atoms. The van der Waals surface area contributed by atoms with E-state index in [1.54, 1.807) is 5.69 Å². The summed E-state index contributed by atoms with van der Waals surface area (Å²) in [6.45, 7) is 0. The van der Waals surface area contributed by atoms with Crippen molar-refractivity contribution in [3.63, 3.8) is 0 Å². The van der Waals surface area contributed by atoms with Gasteiger partial charge in [-0.1, -0.05) is 0 Å². The second-order valence-corrected chi connectivity index (χ2v) is 2.00. The van der Waals surface area contributed by atoms with E-state index in [9.17, 15) is 4.46 Å².